The highest BCUT2D eigenvalue weighted by molar-refractivity contribution is 7.13. The van der Waals surface area contributed by atoms with Crippen LogP contribution in [0.1, 0.15) is 33.8 Å². The number of rotatable bonds is 6. The highest BCUT2D eigenvalue weighted by Crippen LogP contribution is 2.26. The van der Waals surface area contributed by atoms with Gasteiger partial charge in [-0.2, -0.15) is 0 Å². The van der Waals surface area contributed by atoms with Crippen LogP contribution in [0.25, 0.3) is 16.4 Å². The predicted octanol–water partition coefficient (Wildman–Crippen LogP) is 4.28. The topological polar surface area (TPSA) is 88.9 Å². The zero-order chi connectivity index (χ0) is 22.1. The van der Waals surface area contributed by atoms with Crippen LogP contribution in [0.3, 0.4) is 0 Å². The molecule has 5 rings (SSSR count). The van der Waals surface area contributed by atoms with E-state index >= 15 is 0 Å². The van der Waals surface area contributed by atoms with E-state index in [2.05, 4.69) is 20.7 Å². The predicted molar refractivity (Wildman–Crippen MR) is 120 cm³/mol. The third-order valence-corrected chi connectivity index (χ3v) is 5.79. The molecule has 0 saturated heterocycles. The number of hydrogen-bond donors (Lipinski definition) is 2. The summed E-state index contributed by atoms with van der Waals surface area (Å²) in [7, 11) is 0. The Labute approximate surface area is 186 Å². The van der Waals surface area contributed by atoms with E-state index in [9.17, 15) is 14.0 Å². The standard InChI is InChI=1S/C23H18FN5O2S/c24-15-3-1-4-18(13-15)29-21(19-5-2-12-32-19)27-20(28-29)23(31)26-16-8-6-14(7-9-16)22(30)25-17-10-11-17/h1-9,12-13,17H,10-11H2,(H,25,30)(H,26,31). The van der Waals surface area contributed by atoms with Crippen molar-refractivity contribution in [3.63, 3.8) is 0 Å². The van der Waals surface area contributed by atoms with Gasteiger partial charge in [-0.1, -0.05) is 12.1 Å². The normalized spacial score (nSPS) is 13.0. The van der Waals surface area contributed by atoms with E-state index in [0.717, 1.165) is 17.7 Å². The van der Waals surface area contributed by atoms with Crippen LogP contribution in [-0.2, 0) is 0 Å². The Morgan fingerprint density at radius 1 is 1.03 bits per heavy atom. The van der Waals surface area contributed by atoms with Crippen LogP contribution in [-0.4, -0.2) is 32.6 Å². The molecule has 0 spiro atoms. The van der Waals surface area contributed by atoms with Gasteiger partial charge in [0.05, 0.1) is 10.6 Å². The van der Waals surface area contributed by atoms with Gasteiger partial charge in [0.15, 0.2) is 5.82 Å². The summed E-state index contributed by atoms with van der Waals surface area (Å²) in [6, 6.07) is 16.6. The average molecular weight is 447 g/mol. The van der Waals surface area contributed by atoms with E-state index < -0.39 is 11.7 Å². The molecule has 9 heteroatoms. The van der Waals surface area contributed by atoms with E-state index in [1.807, 2.05) is 17.5 Å². The van der Waals surface area contributed by atoms with E-state index in [0.29, 0.717) is 22.8 Å². The lowest BCUT2D eigenvalue weighted by Gasteiger charge is -2.06. The third kappa shape index (κ3) is 4.28. The summed E-state index contributed by atoms with van der Waals surface area (Å²) >= 11 is 1.44. The first-order valence-electron chi connectivity index (χ1n) is 10.1. The molecule has 2 heterocycles. The third-order valence-electron chi connectivity index (χ3n) is 4.92. The zero-order valence-electron chi connectivity index (χ0n) is 16.8. The monoisotopic (exact) mass is 447 g/mol. The Morgan fingerprint density at radius 2 is 1.84 bits per heavy atom. The summed E-state index contributed by atoms with van der Waals surface area (Å²) in [5, 5.41) is 11.9. The first-order chi connectivity index (χ1) is 15.6. The molecule has 0 unspecified atom stereocenters. The number of nitrogens with zero attached hydrogens (tertiary/aromatic N) is 3. The maximum Gasteiger partial charge on any atom is 0.295 e. The number of nitrogens with one attached hydrogen (secondary N) is 2. The van der Waals surface area contributed by atoms with Crippen molar-refractivity contribution in [3.8, 4) is 16.4 Å². The Bertz CT molecular complexity index is 1280. The van der Waals surface area contributed by atoms with Gasteiger partial charge in [0.2, 0.25) is 5.82 Å². The van der Waals surface area contributed by atoms with Crippen molar-refractivity contribution >= 4 is 28.8 Å². The van der Waals surface area contributed by atoms with Crippen LogP contribution in [0.4, 0.5) is 10.1 Å². The highest BCUT2D eigenvalue weighted by Gasteiger charge is 2.24. The Hall–Kier alpha value is -3.85. The van der Waals surface area contributed by atoms with Gasteiger partial charge >= 0.3 is 0 Å². The zero-order valence-corrected chi connectivity index (χ0v) is 17.6. The summed E-state index contributed by atoms with van der Waals surface area (Å²) in [5.41, 5.74) is 1.51. The fourth-order valence-corrected chi connectivity index (χ4v) is 3.85. The molecule has 0 atom stereocenters. The molecule has 7 nitrogen and oxygen atoms in total. The van der Waals surface area contributed by atoms with E-state index in [4.69, 9.17) is 0 Å². The van der Waals surface area contributed by atoms with Gasteiger partial charge in [0, 0.05) is 17.3 Å². The average Bonchev–Trinajstić information content (AvgIpc) is 3.27. The molecule has 0 radical (unpaired) electrons. The van der Waals surface area contributed by atoms with Crippen LogP contribution in [0.15, 0.2) is 66.0 Å². The number of carbonyl (C=O) groups is 2. The van der Waals surface area contributed by atoms with Crippen LogP contribution < -0.4 is 10.6 Å². The molecule has 0 bridgehead atoms. The molecule has 2 aromatic heterocycles. The number of halogens is 1. The summed E-state index contributed by atoms with van der Waals surface area (Å²) in [4.78, 5) is 30.1. The minimum absolute atomic E-state index is 0.0479. The molecule has 1 saturated carbocycles. The van der Waals surface area contributed by atoms with Gasteiger partial charge in [-0.15, -0.1) is 16.4 Å². The number of aromatic nitrogens is 3. The van der Waals surface area contributed by atoms with Crippen LogP contribution in [0.5, 0.6) is 0 Å². The molecule has 4 aromatic rings. The summed E-state index contributed by atoms with van der Waals surface area (Å²) in [6.07, 6.45) is 2.03. The van der Waals surface area contributed by atoms with Gasteiger partial charge in [0.25, 0.3) is 11.8 Å². The number of carbonyl (C=O) groups excluding carboxylic acids is 2. The van der Waals surface area contributed by atoms with Gasteiger partial charge in [-0.05, 0) is 66.8 Å². The summed E-state index contributed by atoms with van der Waals surface area (Å²) in [6.45, 7) is 0. The maximum atomic E-state index is 13.8. The molecule has 0 aliphatic heterocycles. The van der Waals surface area contributed by atoms with E-state index in [-0.39, 0.29) is 17.8 Å². The maximum absolute atomic E-state index is 13.8. The van der Waals surface area contributed by atoms with Crippen molar-refractivity contribution < 1.29 is 14.0 Å². The molecular formula is C23H18FN5O2S. The minimum Gasteiger partial charge on any atom is -0.349 e. The molecule has 160 valence electrons. The molecule has 1 aliphatic rings. The molecule has 2 N–H and O–H groups in total. The minimum atomic E-state index is -0.506. The van der Waals surface area contributed by atoms with Crippen LogP contribution in [0.2, 0.25) is 0 Å². The van der Waals surface area contributed by atoms with Crippen LogP contribution >= 0.6 is 11.3 Å². The second-order valence-electron chi connectivity index (χ2n) is 7.41. The van der Waals surface area contributed by atoms with Crippen molar-refractivity contribution in [3.05, 3.63) is 83.2 Å². The van der Waals surface area contributed by atoms with Crippen molar-refractivity contribution in [2.24, 2.45) is 0 Å². The van der Waals surface area contributed by atoms with E-state index in [1.165, 1.54) is 28.2 Å². The fraction of sp³-hybridized carbons (Fsp3) is 0.130. The first kappa shape index (κ1) is 20.1. The second-order valence-corrected chi connectivity index (χ2v) is 8.35. The number of amides is 2. The molecule has 1 aliphatic carbocycles. The lowest BCUT2D eigenvalue weighted by Crippen LogP contribution is -2.25. The lowest BCUT2D eigenvalue weighted by atomic mass is 10.2. The van der Waals surface area contributed by atoms with Gasteiger partial charge < -0.3 is 10.6 Å². The fourth-order valence-electron chi connectivity index (χ4n) is 3.15. The number of thiophene rings is 1. The van der Waals surface area contributed by atoms with Crippen molar-refractivity contribution in [1.29, 1.82) is 0 Å². The number of hydrogen-bond acceptors (Lipinski definition) is 5. The quantitative estimate of drug-likeness (QED) is 0.462. The number of anilines is 1. The van der Waals surface area contributed by atoms with Crippen molar-refractivity contribution in [1.82, 2.24) is 20.1 Å². The van der Waals surface area contributed by atoms with Gasteiger partial charge in [-0.25, -0.2) is 14.1 Å². The van der Waals surface area contributed by atoms with Crippen molar-refractivity contribution in [2.45, 2.75) is 18.9 Å². The van der Waals surface area contributed by atoms with Crippen molar-refractivity contribution in [2.75, 3.05) is 5.32 Å². The number of benzene rings is 2. The summed E-state index contributed by atoms with van der Waals surface area (Å²) in [5.74, 6) is -0.641. The molecule has 2 aromatic carbocycles. The summed E-state index contributed by atoms with van der Waals surface area (Å²) < 4.78 is 15.2. The largest absolute Gasteiger partial charge is 0.349 e. The molecule has 1 fully saturated rings. The second kappa shape index (κ2) is 8.35. The Kier molecular flexibility index (Phi) is 5.24. The Balaban J connectivity index is 1.39. The SMILES string of the molecule is O=C(NC1CC1)c1ccc(NC(=O)c2nc(-c3cccs3)n(-c3cccc(F)c3)n2)cc1. The first-order valence-corrected chi connectivity index (χ1v) is 10.9. The van der Waals surface area contributed by atoms with Crippen LogP contribution in [0, 0.1) is 5.82 Å². The van der Waals surface area contributed by atoms with Gasteiger partial charge in [-0.3, -0.25) is 9.59 Å². The molecule has 32 heavy (non-hydrogen) atoms. The highest BCUT2D eigenvalue weighted by atomic mass is 32.1. The lowest BCUT2D eigenvalue weighted by molar-refractivity contribution is 0.0950. The molecule has 2 amide bonds. The Morgan fingerprint density at radius 3 is 2.53 bits per heavy atom. The molecular weight excluding hydrogens is 429 g/mol. The van der Waals surface area contributed by atoms with E-state index in [1.54, 1.807) is 36.4 Å². The smallest absolute Gasteiger partial charge is 0.295 e. The van der Waals surface area contributed by atoms with Gasteiger partial charge in [0.1, 0.15) is 5.82 Å².